The van der Waals surface area contributed by atoms with E-state index in [4.69, 9.17) is 9.47 Å². The minimum Gasteiger partial charge on any atom is -0.508 e. The molecule has 0 bridgehead atoms. The number of hydrogen-bond donors (Lipinski definition) is 2. The summed E-state index contributed by atoms with van der Waals surface area (Å²) in [6.07, 6.45) is 0.302. The Kier molecular flexibility index (Phi) is 6.60. The van der Waals surface area contributed by atoms with Crippen molar-refractivity contribution in [1.29, 1.82) is 0 Å². The molecule has 138 valence electrons. The van der Waals surface area contributed by atoms with Gasteiger partial charge in [-0.1, -0.05) is 12.1 Å². The quantitative estimate of drug-likeness (QED) is 0.744. The Labute approximate surface area is 152 Å². The highest BCUT2D eigenvalue weighted by molar-refractivity contribution is 5.96. The molecule has 0 heterocycles. The highest BCUT2D eigenvalue weighted by atomic mass is 16.5. The molecule has 0 saturated heterocycles. The molecule has 1 atom stereocenters. The molecule has 2 aromatic carbocycles. The normalized spacial score (nSPS) is 11.7. The lowest BCUT2D eigenvalue weighted by Crippen LogP contribution is -2.43. The van der Waals surface area contributed by atoms with Gasteiger partial charge in [-0.3, -0.25) is 4.79 Å². The molecule has 26 heavy (non-hydrogen) atoms. The van der Waals surface area contributed by atoms with Crippen LogP contribution in [-0.2, 0) is 16.0 Å². The van der Waals surface area contributed by atoms with E-state index in [1.54, 1.807) is 36.4 Å². The zero-order chi connectivity index (χ0) is 19.1. The predicted molar refractivity (Wildman–Crippen MR) is 97.3 cm³/mol. The van der Waals surface area contributed by atoms with Crippen LogP contribution in [0.2, 0.25) is 0 Å². The predicted octanol–water partition coefficient (Wildman–Crippen LogP) is 2.69. The molecule has 0 radical (unpaired) electrons. The van der Waals surface area contributed by atoms with Crippen molar-refractivity contribution in [2.45, 2.75) is 32.4 Å². The van der Waals surface area contributed by atoms with Crippen molar-refractivity contribution < 1.29 is 24.2 Å². The number of rotatable bonds is 7. The standard InChI is InChI=1S/C20H23NO5/c1-13(2)26-17-10-6-15(7-11-17)19(23)21-18(20(24)25-3)12-14-4-8-16(22)9-5-14/h4-11,13,18,22H,12H2,1-3H3,(H,21,23)/t18-/m1/s1. The Morgan fingerprint density at radius 2 is 1.65 bits per heavy atom. The summed E-state index contributed by atoms with van der Waals surface area (Å²) in [4.78, 5) is 24.5. The van der Waals surface area contributed by atoms with Gasteiger partial charge in [-0.25, -0.2) is 4.79 Å². The van der Waals surface area contributed by atoms with Crippen LogP contribution in [0.3, 0.4) is 0 Å². The van der Waals surface area contributed by atoms with Gasteiger partial charge in [0.2, 0.25) is 0 Å². The SMILES string of the molecule is COC(=O)[C@@H](Cc1ccc(O)cc1)NC(=O)c1ccc(OC(C)C)cc1. The van der Waals surface area contributed by atoms with E-state index in [1.165, 1.54) is 19.2 Å². The van der Waals surface area contributed by atoms with Gasteiger partial charge in [0.05, 0.1) is 13.2 Å². The summed E-state index contributed by atoms with van der Waals surface area (Å²) in [7, 11) is 1.27. The second-order valence-electron chi connectivity index (χ2n) is 6.11. The molecule has 0 spiro atoms. The second kappa shape index (κ2) is 8.89. The monoisotopic (exact) mass is 357 g/mol. The summed E-state index contributed by atoms with van der Waals surface area (Å²) in [5.74, 6) is -0.109. The van der Waals surface area contributed by atoms with E-state index >= 15 is 0 Å². The summed E-state index contributed by atoms with van der Waals surface area (Å²) >= 11 is 0. The summed E-state index contributed by atoms with van der Waals surface area (Å²) in [6, 6.07) is 12.3. The Morgan fingerprint density at radius 3 is 2.19 bits per heavy atom. The average molecular weight is 357 g/mol. The first-order chi connectivity index (χ1) is 12.4. The molecule has 0 aliphatic rings. The number of carbonyl (C=O) groups excluding carboxylic acids is 2. The topological polar surface area (TPSA) is 84.9 Å². The maximum Gasteiger partial charge on any atom is 0.328 e. The third-order valence-corrected chi connectivity index (χ3v) is 3.66. The molecule has 1 amide bonds. The summed E-state index contributed by atoms with van der Waals surface area (Å²) in [5, 5.41) is 12.0. The van der Waals surface area contributed by atoms with Crippen molar-refractivity contribution in [2.75, 3.05) is 7.11 Å². The number of amides is 1. The summed E-state index contributed by atoms with van der Waals surface area (Å²) in [6.45, 7) is 3.84. The van der Waals surface area contributed by atoms with Crippen LogP contribution in [-0.4, -0.2) is 36.2 Å². The number of aromatic hydroxyl groups is 1. The third-order valence-electron chi connectivity index (χ3n) is 3.66. The van der Waals surface area contributed by atoms with E-state index < -0.39 is 12.0 Å². The Hall–Kier alpha value is -3.02. The highest BCUT2D eigenvalue weighted by Crippen LogP contribution is 2.15. The first kappa shape index (κ1) is 19.3. The number of phenolic OH excluding ortho intramolecular Hbond substituents is 1. The lowest BCUT2D eigenvalue weighted by Gasteiger charge is -2.17. The number of methoxy groups -OCH3 is 1. The molecule has 2 aromatic rings. The van der Waals surface area contributed by atoms with Crippen molar-refractivity contribution in [3.63, 3.8) is 0 Å². The smallest absolute Gasteiger partial charge is 0.328 e. The summed E-state index contributed by atoms with van der Waals surface area (Å²) in [5.41, 5.74) is 1.21. The fraction of sp³-hybridized carbons (Fsp3) is 0.300. The lowest BCUT2D eigenvalue weighted by atomic mass is 10.1. The molecule has 0 unspecified atom stereocenters. The Balaban J connectivity index is 2.08. The zero-order valence-corrected chi connectivity index (χ0v) is 15.1. The van der Waals surface area contributed by atoms with Crippen LogP contribution in [0, 0.1) is 0 Å². The van der Waals surface area contributed by atoms with Crippen molar-refractivity contribution in [3.05, 3.63) is 59.7 Å². The first-order valence-corrected chi connectivity index (χ1v) is 8.32. The second-order valence-corrected chi connectivity index (χ2v) is 6.11. The van der Waals surface area contributed by atoms with Gasteiger partial charge in [0.15, 0.2) is 0 Å². The van der Waals surface area contributed by atoms with E-state index in [9.17, 15) is 14.7 Å². The van der Waals surface area contributed by atoms with E-state index in [2.05, 4.69) is 5.32 Å². The molecule has 0 aliphatic heterocycles. The van der Waals surface area contributed by atoms with Gasteiger partial charge in [-0.05, 0) is 55.8 Å². The number of esters is 1. The molecule has 6 heteroatoms. The van der Waals surface area contributed by atoms with Crippen molar-refractivity contribution in [1.82, 2.24) is 5.32 Å². The minimum atomic E-state index is -0.830. The van der Waals surface area contributed by atoms with Gasteiger partial charge in [-0.2, -0.15) is 0 Å². The number of benzene rings is 2. The van der Waals surface area contributed by atoms with Gasteiger partial charge in [0.25, 0.3) is 5.91 Å². The van der Waals surface area contributed by atoms with Gasteiger partial charge in [0, 0.05) is 12.0 Å². The zero-order valence-electron chi connectivity index (χ0n) is 15.1. The number of carbonyl (C=O) groups is 2. The number of phenols is 1. The van der Waals surface area contributed by atoms with Crippen LogP contribution in [0.25, 0.3) is 0 Å². The van der Waals surface area contributed by atoms with Crippen LogP contribution in [0.15, 0.2) is 48.5 Å². The average Bonchev–Trinajstić information content (AvgIpc) is 2.62. The Morgan fingerprint density at radius 1 is 1.04 bits per heavy atom. The van der Waals surface area contributed by atoms with Crippen molar-refractivity contribution >= 4 is 11.9 Å². The van der Waals surface area contributed by atoms with Gasteiger partial charge >= 0.3 is 5.97 Å². The van der Waals surface area contributed by atoms with Crippen LogP contribution in [0.1, 0.15) is 29.8 Å². The Bertz CT molecular complexity index is 738. The fourth-order valence-corrected chi connectivity index (χ4v) is 2.40. The molecular weight excluding hydrogens is 334 g/mol. The highest BCUT2D eigenvalue weighted by Gasteiger charge is 2.22. The lowest BCUT2D eigenvalue weighted by molar-refractivity contribution is -0.142. The summed E-state index contributed by atoms with van der Waals surface area (Å²) < 4.78 is 10.3. The molecule has 0 aromatic heterocycles. The van der Waals surface area contributed by atoms with Gasteiger partial charge in [0.1, 0.15) is 17.5 Å². The molecule has 2 rings (SSSR count). The largest absolute Gasteiger partial charge is 0.508 e. The molecular formula is C20H23NO5. The van der Waals surface area contributed by atoms with Crippen molar-refractivity contribution in [3.8, 4) is 11.5 Å². The molecule has 6 nitrogen and oxygen atoms in total. The molecule has 0 aliphatic carbocycles. The van der Waals surface area contributed by atoms with Crippen LogP contribution in [0.4, 0.5) is 0 Å². The molecule has 0 fully saturated rings. The van der Waals surface area contributed by atoms with Crippen LogP contribution < -0.4 is 10.1 Å². The first-order valence-electron chi connectivity index (χ1n) is 8.32. The molecule has 0 saturated carbocycles. The minimum absolute atomic E-state index is 0.0451. The third kappa shape index (κ3) is 5.51. The van der Waals surface area contributed by atoms with Crippen LogP contribution in [0.5, 0.6) is 11.5 Å². The van der Waals surface area contributed by atoms with Crippen molar-refractivity contribution in [2.24, 2.45) is 0 Å². The van der Waals surface area contributed by atoms with E-state index in [0.717, 1.165) is 5.56 Å². The van der Waals surface area contributed by atoms with E-state index in [0.29, 0.717) is 11.3 Å². The number of hydrogen-bond acceptors (Lipinski definition) is 5. The van der Waals surface area contributed by atoms with E-state index in [-0.39, 0.29) is 24.2 Å². The maximum absolute atomic E-state index is 12.5. The number of ether oxygens (including phenoxy) is 2. The van der Waals surface area contributed by atoms with Gasteiger partial charge in [-0.15, -0.1) is 0 Å². The van der Waals surface area contributed by atoms with Crippen LogP contribution >= 0.6 is 0 Å². The number of nitrogens with one attached hydrogen (secondary N) is 1. The fourth-order valence-electron chi connectivity index (χ4n) is 2.40. The maximum atomic E-state index is 12.5. The molecule has 2 N–H and O–H groups in total. The van der Waals surface area contributed by atoms with Gasteiger partial charge < -0.3 is 19.9 Å². The van der Waals surface area contributed by atoms with E-state index in [1.807, 2.05) is 13.8 Å².